The quantitative estimate of drug-likeness (QED) is 0.325. The highest BCUT2D eigenvalue weighted by Crippen LogP contribution is 2.21. The Morgan fingerprint density at radius 2 is 1.93 bits per heavy atom. The van der Waals surface area contributed by atoms with Gasteiger partial charge < -0.3 is 14.9 Å². The number of hydroxylamine groups is 1. The van der Waals surface area contributed by atoms with Crippen molar-refractivity contribution < 1.29 is 19.8 Å². The minimum absolute atomic E-state index is 0.0712. The van der Waals surface area contributed by atoms with Crippen molar-refractivity contribution in [3.63, 3.8) is 0 Å². The van der Waals surface area contributed by atoms with Crippen LogP contribution in [-0.4, -0.2) is 28.4 Å². The number of ether oxygens (including phenoxy) is 1. The fraction of sp³-hybridized carbons (Fsp3) is 0.150. The van der Waals surface area contributed by atoms with E-state index in [4.69, 9.17) is 9.57 Å². The van der Waals surface area contributed by atoms with Gasteiger partial charge in [0.1, 0.15) is 24.7 Å². The summed E-state index contributed by atoms with van der Waals surface area (Å²) in [5.41, 5.74) is 4.51. The topological polar surface area (TPSA) is 104 Å². The lowest BCUT2D eigenvalue weighted by Gasteiger charge is -2.07. The molecule has 0 saturated heterocycles. The number of aromatic hydroxyl groups is 2. The van der Waals surface area contributed by atoms with Crippen LogP contribution in [0, 0.1) is 0 Å². The van der Waals surface area contributed by atoms with E-state index in [1.807, 2.05) is 30.3 Å². The number of benzene rings is 2. The molecule has 146 valence electrons. The third kappa shape index (κ3) is 5.90. The molecule has 3 rings (SSSR count). The summed E-state index contributed by atoms with van der Waals surface area (Å²) < 4.78 is 5.59. The summed E-state index contributed by atoms with van der Waals surface area (Å²) in [5, 5.41) is 19.0. The standard InChI is InChI=1S/C20H20N2O5S/c23-16-3-1-2-14(12-16)8-9-21-27-11-10-26-17-6-4-15(5-7-17)13-18-19(24)22-20(25)28-18/h1-9,12,21,23-24H,10-11,13H2,(H,22,25). The van der Waals surface area contributed by atoms with Crippen LogP contribution in [-0.2, 0) is 11.3 Å². The van der Waals surface area contributed by atoms with Crippen LogP contribution in [0.2, 0.25) is 0 Å². The van der Waals surface area contributed by atoms with Crippen LogP contribution in [0.5, 0.6) is 17.4 Å². The second-order valence-corrected chi connectivity index (χ2v) is 6.92. The number of aromatic nitrogens is 1. The molecule has 0 aliphatic heterocycles. The van der Waals surface area contributed by atoms with E-state index in [1.54, 1.807) is 30.5 Å². The lowest BCUT2D eigenvalue weighted by molar-refractivity contribution is 0.0484. The van der Waals surface area contributed by atoms with Gasteiger partial charge in [-0.15, -0.1) is 0 Å². The summed E-state index contributed by atoms with van der Waals surface area (Å²) in [4.78, 5) is 19.1. The summed E-state index contributed by atoms with van der Waals surface area (Å²) in [5.74, 6) is 0.843. The summed E-state index contributed by atoms with van der Waals surface area (Å²) in [7, 11) is 0. The van der Waals surface area contributed by atoms with E-state index in [2.05, 4.69) is 10.5 Å². The first kappa shape index (κ1) is 19.5. The molecule has 0 fully saturated rings. The molecule has 2 aromatic carbocycles. The molecule has 1 heterocycles. The zero-order valence-corrected chi connectivity index (χ0v) is 15.7. The van der Waals surface area contributed by atoms with Gasteiger partial charge in [0.2, 0.25) is 5.88 Å². The Labute approximate surface area is 165 Å². The maximum absolute atomic E-state index is 11.2. The monoisotopic (exact) mass is 400 g/mol. The van der Waals surface area contributed by atoms with Gasteiger partial charge in [-0.1, -0.05) is 35.6 Å². The van der Waals surface area contributed by atoms with Crippen LogP contribution >= 0.6 is 11.3 Å². The molecule has 0 unspecified atom stereocenters. The highest BCUT2D eigenvalue weighted by Gasteiger charge is 2.07. The number of aromatic amines is 1. The van der Waals surface area contributed by atoms with Crippen LogP contribution in [0.3, 0.4) is 0 Å². The average Bonchev–Trinajstić information content (AvgIpc) is 2.99. The van der Waals surface area contributed by atoms with E-state index < -0.39 is 0 Å². The van der Waals surface area contributed by atoms with Crippen molar-refractivity contribution in [2.45, 2.75) is 6.42 Å². The first-order valence-electron chi connectivity index (χ1n) is 8.56. The number of hydrogen-bond donors (Lipinski definition) is 4. The second kappa shape index (κ2) is 9.63. The number of nitrogens with one attached hydrogen (secondary N) is 2. The van der Waals surface area contributed by atoms with Crippen molar-refractivity contribution in [1.29, 1.82) is 0 Å². The first-order valence-corrected chi connectivity index (χ1v) is 9.37. The minimum atomic E-state index is -0.266. The van der Waals surface area contributed by atoms with Gasteiger partial charge in [0.15, 0.2) is 0 Å². The number of rotatable bonds is 9. The Hall–Kier alpha value is -3.23. The third-order valence-corrected chi connectivity index (χ3v) is 4.61. The number of thiazole rings is 1. The predicted octanol–water partition coefficient (Wildman–Crippen LogP) is 3.01. The molecule has 0 amide bonds. The predicted molar refractivity (Wildman–Crippen MR) is 108 cm³/mol. The number of hydrogen-bond acceptors (Lipinski definition) is 7. The molecule has 1 aromatic heterocycles. The maximum Gasteiger partial charge on any atom is 0.307 e. The molecule has 0 bridgehead atoms. The third-order valence-electron chi connectivity index (χ3n) is 3.74. The van der Waals surface area contributed by atoms with E-state index in [9.17, 15) is 15.0 Å². The molecule has 0 atom stereocenters. The van der Waals surface area contributed by atoms with E-state index in [1.165, 1.54) is 0 Å². The van der Waals surface area contributed by atoms with Crippen LogP contribution in [0.15, 0.2) is 59.5 Å². The van der Waals surface area contributed by atoms with Crippen molar-refractivity contribution >= 4 is 17.4 Å². The molecule has 28 heavy (non-hydrogen) atoms. The zero-order chi connectivity index (χ0) is 19.8. The summed E-state index contributed by atoms with van der Waals surface area (Å²) in [6.45, 7) is 0.712. The van der Waals surface area contributed by atoms with Gasteiger partial charge in [0, 0.05) is 12.6 Å². The Bertz CT molecular complexity index is 979. The molecule has 4 N–H and O–H groups in total. The van der Waals surface area contributed by atoms with Crippen molar-refractivity contribution in [2.75, 3.05) is 13.2 Å². The normalized spacial score (nSPS) is 11.0. The number of phenolic OH excluding ortho intramolecular Hbond substituents is 1. The summed E-state index contributed by atoms with van der Waals surface area (Å²) in [6, 6.07) is 14.3. The molecule has 8 heteroatoms. The summed E-state index contributed by atoms with van der Waals surface area (Å²) >= 11 is 1.00. The highest BCUT2D eigenvalue weighted by molar-refractivity contribution is 7.09. The minimum Gasteiger partial charge on any atom is -0.508 e. The molecule has 3 aromatic rings. The second-order valence-electron chi connectivity index (χ2n) is 5.85. The first-order chi connectivity index (χ1) is 13.6. The lowest BCUT2D eigenvalue weighted by Crippen LogP contribution is -2.13. The van der Waals surface area contributed by atoms with Crippen molar-refractivity contribution in [1.82, 2.24) is 10.5 Å². The fourth-order valence-electron chi connectivity index (χ4n) is 2.43. The smallest absolute Gasteiger partial charge is 0.307 e. The maximum atomic E-state index is 11.2. The van der Waals surface area contributed by atoms with Gasteiger partial charge in [-0.3, -0.25) is 20.1 Å². The van der Waals surface area contributed by atoms with Gasteiger partial charge in [-0.2, -0.15) is 0 Å². The molecular weight excluding hydrogens is 380 g/mol. The molecule has 0 aliphatic carbocycles. The molecule has 0 spiro atoms. The highest BCUT2D eigenvalue weighted by atomic mass is 32.1. The zero-order valence-electron chi connectivity index (χ0n) is 14.9. The van der Waals surface area contributed by atoms with Crippen LogP contribution in [0.4, 0.5) is 0 Å². The van der Waals surface area contributed by atoms with E-state index in [0.29, 0.717) is 30.3 Å². The van der Waals surface area contributed by atoms with E-state index >= 15 is 0 Å². The molecule has 0 radical (unpaired) electrons. The SMILES string of the molecule is O=c1[nH]c(O)c(Cc2ccc(OCCONC=Cc3cccc(O)c3)cc2)s1. The van der Waals surface area contributed by atoms with Gasteiger partial charge in [-0.25, -0.2) is 0 Å². The molecular formula is C20H20N2O5S. The van der Waals surface area contributed by atoms with Crippen molar-refractivity contribution in [2.24, 2.45) is 0 Å². The molecule has 7 nitrogen and oxygen atoms in total. The van der Waals surface area contributed by atoms with Gasteiger partial charge in [0.05, 0.1) is 4.88 Å². The number of phenols is 1. The molecule has 0 aliphatic rings. The Kier molecular flexibility index (Phi) is 6.72. The Balaban J connectivity index is 1.36. The van der Waals surface area contributed by atoms with Crippen LogP contribution in [0.1, 0.15) is 16.0 Å². The molecule has 0 saturated carbocycles. The largest absolute Gasteiger partial charge is 0.508 e. The van der Waals surface area contributed by atoms with E-state index in [-0.39, 0.29) is 16.5 Å². The Morgan fingerprint density at radius 1 is 1.11 bits per heavy atom. The van der Waals surface area contributed by atoms with Gasteiger partial charge in [0.25, 0.3) is 0 Å². The Morgan fingerprint density at radius 3 is 2.64 bits per heavy atom. The van der Waals surface area contributed by atoms with E-state index in [0.717, 1.165) is 22.5 Å². The van der Waals surface area contributed by atoms with Crippen molar-refractivity contribution in [3.05, 3.63) is 80.4 Å². The number of H-pyrrole nitrogens is 1. The average molecular weight is 400 g/mol. The summed E-state index contributed by atoms with van der Waals surface area (Å²) in [6.07, 6.45) is 3.89. The van der Waals surface area contributed by atoms with Crippen LogP contribution in [0.25, 0.3) is 6.08 Å². The van der Waals surface area contributed by atoms with Gasteiger partial charge >= 0.3 is 4.87 Å². The van der Waals surface area contributed by atoms with Gasteiger partial charge in [-0.05, 0) is 41.5 Å². The van der Waals surface area contributed by atoms with Crippen LogP contribution < -0.4 is 15.1 Å². The fourth-order valence-corrected chi connectivity index (χ4v) is 3.19. The van der Waals surface area contributed by atoms with Crippen molar-refractivity contribution in [3.8, 4) is 17.4 Å². The lowest BCUT2D eigenvalue weighted by atomic mass is 10.1.